The number of aryl methyl sites for hydroxylation is 2. The Kier molecular flexibility index (Phi) is 11.1. The van der Waals surface area contributed by atoms with E-state index in [1.807, 2.05) is 32.2 Å². The largest absolute Gasteiger partial charge is 0.497 e. The van der Waals surface area contributed by atoms with E-state index in [0.717, 1.165) is 16.0 Å². The lowest BCUT2D eigenvalue weighted by Crippen LogP contribution is -2.51. The first-order valence-electron chi connectivity index (χ1n) is 12.2. The van der Waals surface area contributed by atoms with Crippen LogP contribution >= 0.6 is 11.8 Å². The fourth-order valence-corrected chi connectivity index (χ4v) is 4.08. The molecule has 0 aliphatic carbocycles. The molecule has 9 heteroatoms. The van der Waals surface area contributed by atoms with Gasteiger partial charge in [0, 0.05) is 11.7 Å². The van der Waals surface area contributed by atoms with Crippen molar-refractivity contribution in [1.82, 2.24) is 10.2 Å². The monoisotopic (exact) mass is 539 g/mol. The molecule has 2 aromatic carbocycles. The van der Waals surface area contributed by atoms with Crippen LogP contribution < -0.4 is 15.4 Å². The highest BCUT2D eigenvalue weighted by atomic mass is 32.2. The predicted octanol–water partition coefficient (Wildman–Crippen LogP) is 5.06. The number of nitrogens with one attached hydrogen (secondary N) is 2. The summed E-state index contributed by atoms with van der Waals surface area (Å²) in [6.45, 7) is 9.08. The van der Waals surface area contributed by atoms with Crippen LogP contribution in [0, 0.1) is 26.3 Å². The Balaban J connectivity index is 2.46. The Morgan fingerprint density at radius 3 is 2.26 bits per heavy atom. The molecule has 0 spiro atoms. The fourth-order valence-electron chi connectivity index (χ4n) is 3.61. The zero-order valence-electron chi connectivity index (χ0n) is 23.1. The van der Waals surface area contributed by atoms with Crippen LogP contribution in [0.15, 0.2) is 42.5 Å². The topological polar surface area (TPSA) is 97.0 Å². The minimum Gasteiger partial charge on any atom is -0.497 e. The minimum atomic E-state index is -1.15. The van der Waals surface area contributed by atoms with E-state index in [9.17, 15) is 14.4 Å². The molecule has 2 aromatic rings. The lowest BCUT2D eigenvalue weighted by Gasteiger charge is -2.30. The SMILES string of the molecule is C#CN(C(=O)C(CCSC)NC(=O)OC(C)(C)C)C(C(=O)Nc1ccc(OC)cc1)c1ccc(C)c(C)c1. The van der Waals surface area contributed by atoms with Crippen molar-refractivity contribution < 1.29 is 23.9 Å². The van der Waals surface area contributed by atoms with E-state index in [4.69, 9.17) is 15.9 Å². The molecule has 0 aliphatic heterocycles. The summed E-state index contributed by atoms with van der Waals surface area (Å²) in [4.78, 5) is 41.1. The standard InChI is InChI=1S/C29H37N3O5S/c1-9-32(27(34)24(16-17-38-8)31-28(35)37-29(4,5)6)25(21-11-10-19(2)20(3)18-21)26(33)30-22-12-14-23(36-7)15-13-22/h1,10-15,18,24-25H,16-17H2,2-8H3,(H,30,33)(H,31,35). The number of methoxy groups -OCH3 is 1. The first-order chi connectivity index (χ1) is 17.9. The zero-order valence-corrected chi connectivity index (χ0v) is 23.9. The third-order valence-electron chi connectivity index (χ3n) is 5.69. The molecule has 0 bridgehead atoms. The van der Waals surface area contributed by atoms with Crippen molar-refractivity contribution >= 4 is 35.4 Å². The van der Waals surface area contributed by atoms with Gasteiger partial charge in [0.25, 0.3) is 11.8 Å². The summed E-state index contributed by atoms with van der Waals surface area (Å²) in [5, 5.41) is 5.49. The van der Waals surface area contributed by atoms with Gasteiger partial charge in [-0.2, -0.15) is 11.8 Å². The number of alkyl carbamates (subject to hydrolysis) is 1. The number of hydrogen-bond donors (Lipinski definition) is 2. The van der Waals surface area contributed by atoms with Gasteiger partial charge in [0.05, 0.1) is 7.11 Å². The van der Waals surface area contributed by atoms with Gasteiger partial charge in [0.15, 0.2) is 0 Å². The maximum Gasteiger partial charge on any atom is 0.408 e. The molecule has 0 saturated heterocycles. The Morgan fingerprint density at radius 2 is 1.74 bits per heavy atom. The molecule has 0 aromatic heterocycles. The average molecular weight is 540 g/mol. The van der Waals surface area contributed by atoms with Crippen LogP contribution in [0.25, 0.3) is 0 Å². The van der Waals surface area contributed by atoms with E-state index in [0.29, 0.717) is 29.2 Å². The normalized spacial score (nSPS) is 12.5. The van der Waals surface area contributed by atoms with Gasteiger partial charge < -0.3 is 20.1 Å². The average Bonchev–Trinajstić information content (AvgIpc) is 2.85. The number of carbonyl (C=O) groups is 3. The second-order valence-corrected chi connectivity index (χ2v) is 10.8. The molecule has 0 radical (unpaired) electrons. The second kappa shape index (κ2) is 13.8. The van der Waals surface area contributed by atoms with Crippen molar-refractivity contribution in [3.63, 3.8) is 0 Å². The third-order valence-corrected chi connectivity index (χ3v) is 6.33. The highest BCUT2D eigenvalue weighted by Crippen LogP contribution is 2.27. The molecule has 0 aliphatic rings. The second-order valence-electron chi connectivity index (χ2n) is 9.78. The third kappa shape index (κ3) is 8.73. The van der Waals surface area contributed by atoms with Crippen molar-refractivity contribution in [2.75, 3.05) is 24.4 Å². The molecule has 0 fully saturated rings. The number of carbonyl (C=O) groups excluding carboxylic acids is 3. The molecule has 8 nitrogen and oxygen atoms in total. The first-order valence-corrected chi connectivity index (χ1v) is 13.6. The summed E-state index contributed by atoms with van der Waals surface area (Å²) in [6.07, 6.45) is 7.32. The highest BCUT2D eigenvalue weighted by molar-refractivity contribution is 7.98. The lowest BCUT2D eigenvalue weighted by atomic mass is 9.98. The summed E-state index contributed by atoms with van der Waals surface area (Å²) in [6, 6.07) is 12.6. The molecular formula is C29H37N3O5S. The van der Waals surface area contributed by atoms with Crippen molar-refractivity contribution in [2.24, 2.45) is 0 Å². The maximum atomic E-state index is 13.8. The molecule has 38 heavy (non-hydrogen) atoms. The predicted molar refractivity (Wildman–Crippen MR) is 152 cm³/mol. The van der Waals surface area contributed by atoms with Gasteiger partial charge in [-0.05, 0) is 94.0 Å². The zero-order chi connectivity index (χ0) is 28.5. The van der Waals surface area contributed by atoms with Crippen molar-refractivity contribution in [3.8, 4) is 18.2 Å². The molecule has 0 heterocycles. The Hall–Kier alpha value is -3.64. The minimum absolute atomic E-state index is 0.303. The number of nitrogens with zero attached hydrogens (tertiary/aromatic N) is 1. The van der Waals surface area contributed by atoms with Crippen LogP contribution in [0.2, 0.25) is 0 Å². The van der Waals surface area contributed by atoms with Crippen molar-refractivity contribution in [2.45, 2.75) is 58.7 Å². The fraction of sp³-hybridized carbons (Fsp3) is 0.414. The van der Waals surface area contributed by atoms with E-state index in [1.165, 1.54) is 11.8 Å². The Bertz CT molecular complexity index is 1170. The van der Waals surface area contributed by atoms with Gasteiger partial charge >= 0.3 is 6.09 Å². The summed E-state index contributed by atoms with van der Waals surface area (Å²) in [5.41, 5.74) is 2.29. The number of amides is 3. The quantitative estimate of drug-likeness (QED) is 0.324. The molecule has 2 rings (SSSR count). The van der Waals surface area contributed by atoms with Gasteiger partial charge in [0.2, 0.25) is 0 Å². The summed E-state index contributed by atoms with van der Waals surface area (Å²) in [7, 11) is 1.55. The number of anilines is 1. The number of benzene rings is 2. The Morgan fingerprint density at radius 1 is 1.08 bits per heavy atom. The molecule has 3 amide bonds. The van der Waals surface area contributed by atoms with Crippen LogP contribution in [-0.2, 0) is 14.3 Å². The molecule has 2 N–H and O–H groups in total. The van der Waals surface area contributed by atoms with E-state index in [1.54, 1.807) is 58.2 Å². The van der Waals surface area contributed by atoms with Crippen LogP contribution in [0.3, 0.4) is 0 Å². The van der Waals surface area contributed by atoms with Crippen molar-refractivity contribution in [3.05, 3.63) is 59.2 Å². The van der Waals surface area contributed by atoms with Crippen LogP contribution in [-0.4, -0.2) is 53.6 Å². The first kappa shape index (κ1) is 30.6. The van der Waals surface area contributed by atoms with Crippen LogP contribution in [0.5, 0.6) is 5.75 Å². The number of ether oxygens (including phenoxy) is 2. The van der Waals surface area contributed by atoms with Gasteiger partial charge in [0.1, 0.15) is 23.4 Å². The number of thioether (sulfide) groups is 1. The van der Waals surface area contributed by atoms with E-state index >= 15 is 0 Å². The van der Waals surface area contributed by atoms with E-state index < -0.39 is 35.6 Å². The van der Waals surface area contributed by atoms with Crippen molar-refractivity contribution in [1.29, 1.82) is 0 Å². The number of terminal acetylenes is 1. The summed E-state index contributed by atoms with van der Waals surface area (Å²) >= 11 is 1.52. The summed E-state index contributed by atoms with van der Waals surface area (Å²) in [5.74, 6) is 0.141. The van der Waals surface area contributed by atoms with Crippen LogP contribution in [0.4, 0.5) is 10.5 Å². The summed E-state index contributed by atoms with van der Waals surface area (Å²) < 4.78 is 10.5. The highest BCUT2D eigenvalue weighted by Gasteiger charge is 2.36. The smallest absolute Gasteiger partial charge is 0.408 e. The lowest BCUT2D eigenvalue weighted by molar-refractivity contribution is -0.136. The molecule has 2 unspecified atom stereocenters. The number of hydrogen-bond acceptors (Lipinski definition) is 6. The Labute approximate surface area is 229 Å². The van der Waals surface area contributed by atoms with Gasteiger partial charge in [-0.1, -0.05) is 24.6 Å². The molecule has 2 atom stereocenters. The molecule has 0 saturated carbocycles. The van der Waals surface area contributed by atoms with E-state index in [2.05, 4.69) is 16.7 Å². The van der Waals surface area contributed by atoms with Crippen LogP contribution in [0.1, 0.15) is 49.9 Å². The van der Waals surface area contributed by atoms with Gasteiger partial charge in [-0.3, -0.25) is 14.5 Å². The molecule has 204 valence electrons. The van der Waals surface area contributed by atoms with Gasteiger partial charge in [-0.25, -0.2) is 4.79 Å². The van der Waals surface area contributed by atoms with Gasteiger partial charge in [-0.15, -0.1) is 0 Å². The molecular weight excluding hydrogens is 502 g/mol. The van der Waals surface area contributed by atoms with E-state index in [-0.39, 0.29) is 0 Å². The number of rotatable bonds is 10. The maximum absolute atomic E-state index is 13.8.